The molecule has 1 atom stereocenters. The molecule has 1 fully saturated rings. The summed E-state index contributed by atoms with van der Waals surface area (Å²) in [6, 6.07) is 12.0. The molecule has 1 aromatic carbocycles. The number of rotatable bonds is 5. The second-order valence-electron chi connectivity index (χ2n) is 7.04. The highest BCUT2D eigenvalue weighted by Gasteiger charge is 2.25. The van der Waals surface area contributed by atoms with Crippen LogP contribution in [0.5, 0.6) is 0 Å². The molecule has 1 N–H and O–H groups in total. The van der Waals surface area contributed by atoms with Gasteiger partial charge in [0.1, 0.15) is 5.69 Å². The van der Waals surface area contributed by atoms with Gasteiger partial charge in [-0.2, -0.15) is 10.2 Å². The fourth-order valence-corrected chi connectivity index (χ4v) is 3.47. The fourth-order valence-electron chi connectivity index (χ4n) is 3.47. The second kappa shape index (κ2) is 8.39. The quantitative estimate of drug-likeness (QED) is 0.740. The van der Waals surface area contributed by atoms with Crippen molar-refractivity contribution in [2.75, 3.05) is 19.7 Å². The number of nitrogens with zero attached hydrogens (tertiary/aromatic N) is 4. The number of amides is 1. The molecule has 7 heteroatoms. The van der Waals surface area contributed by atoms with Gasteiger partial charge in [0.15, 0.2) is 0 Å². The summed E-state index contributed by atoms with van der Waals surface area (Å²) in [5.41, 5.74) is 3.58. The molecule has 0 bridgehead atoms. The summed E-state index contributed by atoms with van der Waals surface area (Å²) < 4.78 is 7.75. The minimum atomic E-state index is -0.0738. The zero-order valence-corrected chi connectivity index (χ0v) is 16.0. The van der Waals surface area contributed by atoms with E-state index in [0.717, 1.165) is 24.1 Å². The SMILES string of the molecule is CCc1ccc(-c2cc(C(=O)N3CCCO[C@@H](Cn4cccn4)C3)[nH]n2)cc1. The molecular formula is C21H25N5O2. The monoisotopic (exact) mass is 379 g/mol. The number of hydrogen-bond acceptors (Lipinski definition) is 4. The lowest BCUT2D eigenvalue weighted by Gasteiger charge is -2.23. The van der Waals surface area contributed by atoms with Gasteiger partial charge in [0.05, 0.1) is 18.3 Å². The Labute approximate surface area is 164 Å². The van der Waals surface area contributed by atoms with Gasteiger partial charge in [-0.15, -0.1) is 0 Å². The predicted octanol–water partition coefficient (Wildman–Crippen LogP) is 2.77. The molecule has 0 unspecified atom stereocenters. The molecule has 1 aliphatic rings. The van der Waals surface area contributed by atoms with Crippen LogP contribution < -0.4 is 0 Å². The van der Waals surface area contributed by atoms with Crippen LogP contribution in [0.4, 0.5) is 0 Å². The third-order valence-electron chi connectivity index (χ3n) is 5.05. The first-order valence-electron chi connectivity index (χ1n) is 9.76. The average molecular weight is 379 g/mol. The van der Waals surface area contributed by atoms with Crippen LogP contribution in [-0.4, -0.2) is 56.6 Å². The van der Waals surface area contributed by atoms with Gasteiger partial charge in [0.25, 0.3) is 5.91 Å². The molecule has 2 aromatic heterocycles. The van der Waals surface area contributed by atoms with Crippen LogP contribution in [0.2, 0.25) is 0 Å². The zero-order chi connectivity index (χ0) is 19.3. The lowest BCUT2D eigenvalue weighted by Crippen LogP contribution is -2.38. The molecule has 146 valence electrons. The van der Waals surface area contributed by atoms with Crippen molar-refractivity contribution in [2.24, 2.45) is 0 Å². The van der Waals surface area contributed by atoms with Crippen molar-refractivity contribution in [2.45, 2.75) is 32.4 Å². The second-order valence-corrected chi connectivity index (χ2v) is 7.04. The molecule has 1 aliphatic heterocycles. The highest BCUT2D eigenvalue weighted by Crippen LogP contribution is 2.20. The maximum Gasteiger partial charge on any atom is 0.271 e. The highest BCUT2D eigenvalue weighted by molar-refractivity contribution is 5.93. The smallest absolute Gasteiger partial charge is 0.271 e. The number of H-pyrrole nitrogens is 1. The van der Waals surface area contributed by atoms with E-state index >= 15 is 0 Å². The number of hydrogen-bond donors (Lipinski definition) is 1. The number of benzene rings is 1. The third kappa shape index (κ3) is 4.14. The summed E-state index contributed by atoms with van der Waals surface area (Å²) in [4.78, 5) is 14.9. The number of ether oxygens (including phenoxy) is 1. The van der Waals surface area contributed by atoms with E-state index < -0.39 is 0 Å². The number of carbonyl (C=O) groups excluding carboxylic acids is 1. The zero-order valence-electron chi connectivity index (χ0n) is 16.0. The highest BCUT2D eigenvalue weighted by atomic mass is 16.5. The van der Waals surface area contributed by atoms with Gasteiger partial charge in [-0.05, 0) is 30.5 Å². The minimum Gasteiger partial charge on any atom is -0.374 e. The molecule has 1 amide bonds. The molecule has 0 radical (unpaired) electrons. The summed E-state index contributed by atoms with van der Waals surface area (Å²) >= 11 is 0. The van der Waals surface area contributed by atoms with E-state index in [1.165, 1.54) is 5.56 Å². The molecular weight excluding hydrogens is 354 g/mol. The van der Waals surface area contributed by atoms with Crippen molar-refractivity contribution >= 4 is 5.91 Å². The van der Waals surface area contributed by atoms with Crippen molar-refractivity contribution < 1.29 is 9.53 Å². The van der Waals surface area contributed by atoms with Crippen molar-refractivity contribution in [3.05, 3.63) is 60.0 Å². The Bertz CT molecular complexity index is 901. The lowest BCUT2D eigenvalue weighted by molar-refractivity contribution is 0.0365. The Morgan fingerprint density at radius 1 is 1.32 bits per heavy atom. The van der Waals surface area contributed by atoms with E-state index in [1.54, 1.807) is 6.20 Å². The number of nitrogens with one attached hydrogen (secondary N) is 1. The number of aromatic nitrogens is 4. The number of aryl methyl sites for hydroxylation is 1. The van der Waals surface area contributed by atoms with Crippen LogP contribution in [0.25, 0.3) is 11.3 Å². The standard InChI is InChI=1S/C21H25N5O2/c1-2-16-5-7-17(8-6-16)19-13-20(24-23-19)21(27)25-10-4-12-28-18(14-25)15-26-11-3-9-22-26/h3,5-9,11,13,18H,2,4,10,12,14-15H2,1H3,(H,23,24)/t18-/m1/s1. The topological polar surface area (TPSA) is 76.0 Å². The molecule has 0 aliphatic carbocycles. The Kier molecular flexibility index (Phi) is 5.53. The van der Waals surface area contributed by atoms with E-state index in [2.05, 4.69) is 34.4 Å². The van der Waals surface area contributed by atoms with E-state index in [0.29, 0.717) is 31.9 Å². The largest absolute Gasteiger partial charge is 0.374 e. The molecule has 0 spiro atoms. The van der Waals surface area contributed by atoms with Crippen LogP contribution >= 0.6 is 0 Å². The van der Waals surface area contributed by atoms with Gasteiger partial charge in [-0.25, -0.2) is 0 Å². The van der Waals surface area contributed by atoms with E-state index in [4.69, 9.17) is 4.74 Å². The van der Waals surface area contributed by atoms with Gasteiger partial charge < -0.3 is 9.64 Å². The third-order valence-corrected chi connectivity index (χ3v) is 5.05. The maximum absolute atomic E-state index is 13.0. The normalized spacial score (nSPS) is 17.5. The summed E-state index contributed by atoms with van der Waals surface area (Å²) in [5, 5.41) is 11.5. The average Bonchev–Trinajstić information content (AvgIpc) is 3.36. The molecule has 0 saturated carbocycles. The maximum atomic E-state index is 13.0. The Morgan fingerprint density at radius 2 is 2.18 bits per heavy atom. The molecule has 4 rings (SSSR count). The summed E-state index contributed by atoms with van der Waals surface area (Å²) in [6.07, 6.45) is 5.40. The Morgan fingerprint density at radius 3 is 2.93 bits per heavy atom. The lowest BCUT2D eigenvalue weighted by atomic mass is 10.1. The van der Waals surface area contributed by atoms with E-state index in [1.807, 2.05) is 40.0 Å². The van der Waals surface area contributed by atoms with Gasteiger partial charge in [0.2, 0.25) is 0 Å². The van der Waals surface area contributed by atoms with Gasteiger partial charge in [0, 0.05) is 37.7 Å². The van der Waals surface area contributed by atoms with Crippen LogP contribution in [-0.2, 0) is 17.7 Å². The van der Waals surface area contributed by atoms with Crippen LogP contribution in [0.1, 0.15) is 29.4 Å². The first-order chi connectivity index (χ1) is 13.7. The van der Waals surface area contributed by atoms with Gasteiger partial charge in [-0.3, -0.25) is 14.6 Å². The summed E-state index contributed by atoms with van der Waals surface area (Å²) in [5.74, 6) is -0.0418. The Balaban J connectivity index is 1.46. The van der Waals surface area contributed by atoms with Crippen molar-refractivity contribution in [3.8, 4) is 11.3 Å². The predicted molar refractivity (Wildman–Crippen MR) is 106 cm³/mol. The number of aromatic amines is 1. The Hall–Kier alpha value is -2.93. The summed E-state index contributed by atoms with van der Waals surface area (Å²) in [6.45, 7) is 4.62. The minimum absolute atomic E-state index is 0.0418. The van der Waals surface area contributed by atoms with Crippen molar-refractivity contribution in [1.29, 1.82) is 0 Å². The van der Waals surface area contributed by atoms with Crippen molar-refractivity contribution in [1.82, 2.24) is 24.9 Å². The van der Waals surface area contributed by atoms with Crippen molar-refractivity contribution in [3.63, 3.8) is 0 Å². The molecule has 7 nitrogen and oxygen atoms in total. The number of carbonyl (C=O) groups is 1. The van der Waals surface area contributed by atoms with Crippen LogP contribution in [0.15, 0.2) is 48.8 Å². The van der Waals surface area contributed by atoms with Gasteiger partial charge >= 0.3 is 0 Å². The van der Waals surface area contributed by atoms with Crippen LogP contribution in [0.3, 0.4) is 0 Å². The fraction of sp³-hybridized carbons (Fsp3) is 0.381. The first-order valence-corrected chi connectivity index (χ1v) is 9.76. The van der Waals surface area contributed by atoms with Crippen LogP contribution in [0, 0.1) is 0 Å². The molecule has 3 aromatic rings. The summed E-state index contributed by atoms with van der Waals surface area (Å²) in [7, 11) is 0. The van der Waals surface area contributed by atoms with Gasteiger partial charge in [-0.1, -0.05) is 31.2 Å². The molecule has 1 saturated heterocycles. The molecule has 28 heavy (non-hydrogen) atoms. The van der Waals surface area contributed by atoms with E-state index in [-0.39, 0.29) is 12.0 Å². The first kappa shape index (κ1) is 18.4. The molecule has 3 heterocycles. The van der Waals surface area contributed by atoms with E-state index in [9.17, 15) is 4.79 Å².